The quantitative estimate of drug-likeness (QED) is 0.614. The normalized spacial score (nSPS) is 10.7. The van der Waals surface area contributed by atoms with Crippen molar-refractivity contribution in [1.29, 1.82) is 0 Å². The van der Waals surface area contributed by atoms with E-state index in [2.05, 4.69) is 41.2 Å². The number of benzene rings is 2. The van der Waals surface area contributed by atoms with Gasteiger partial charge in [-0.05, 0) is 38.1 Å². The number of nitrogens with one attached hydrogen (secondary N) is 1. The Morgan fingerprint density at radius 3 is 2.36 bits per heavy atom. The molecule has 0 saturated heterocycles. The SMILES string of the molecule is CCN(CC)c1ccc(-c2csc(Nc3ccc(F)c(F)c3)n2)cc1. The van der Waals surface area contributed by atoms with Crippen LogP contribution in [0.15, 0.2) is 47.8 Å². The van der Waals surface area contributed by atoms with Crippen LogP contribution in [-0.2, 0) is 0 Å². The summed E-state index contributed by atoms with van der Waals surface area (Å²) in [5.74, 6) is -1.74. The topological polar surface area (TPSA) is 28.2 Å². The smallest absolute Gasteiger partial charge is 0.187 e. The molecule has 0 spiro atoms. The molecule has 0 saturated carbocycles. The van der Waals surface area contributed by atoms with Crippen molar-refractivity contribution in [3.05, 3.63) is 59.5 Å². The maximum atomic E-state index is 13.3. The molecule has 1 heterocycles. The van der Waals surface area contributed by atoms with Crippen LogP contribution in [0.5, 0.6) is 0 Å². The van der Waals surface area contributed by atoms with E-state index in [1.54, 1.807) is 0 Å². The minimum absolute atomic E-state index is 0.469. The number of thiazole rings is 1. The van der Waals surface area contributed by atoms with E-state index in [-0.39, 0.29) is 0 Å². The molecule has 0 amide bonds. The molecule has 3 nitrogen and oxygen atoms in total. The third-order valence-electron chi connectivity index (χ3n) is 3.97. The summed E-state index contributed by atoms with van der Waals surface area (Å²) in [5.41, 5.74) is 3.52. The van der Waals surface area contributed by atoms with Gasteiger partial charge in [-0.25, -0.2) is 13.8 Å². The summed E-state index contributed by atoms with van der Waals surface area (Å²) in [5, 5.41) is 5.57. The van der Waals surface area contributed by atoms with Gasteiger partial charge in [0.25, 0.3) is 0 Å². The predicted octanol–water partition coefficient (Wildman–Crippen LogP) is 5.68. The monoisotopic (exact) mass is 359 g/mol. The first-order valence-corrected chi connectivity index (χ1v) is 9.01. The molecule has 0 aliphatic rings. The van der Waals surface area contributed by atoms with Gasteiger partial charge in [0.1, 0.15) is 0 Å². The summed E-state index contributed by atoms with van der Waals surface area (Å²) < 4.78 is 26.3. The van der Waals surface area contributed by atoms with Crippen LogP contribution in [0.4, 0.5) is 25.3 Å². The lowest BCUT2D eigenvalue weighted by atomic mass is 10.1. The predicted molar refractivity (Wildman–Crippen MR) is 101 cm³/mol. The largest absolute Gasteiger partial charge is 0.372 e. The van der Waals surface area contributed by atoms with Gasteiger partial charge in [-0.3, -0.25) is 0 Å². The second kappa shape index (κ2) is 7.61. The van der Waals surface area contributed by atoms with Crippen molar-refractivity contribution in [2.75, 3.05) is 23.3 Å². The first-order chi connectivity index (χ1) is 12.1. The van der Waals surface area contributed by atoms with Crippen LogP contribution in [-0.4, -0.2) is 18.1 Å². The van der Waals surface area contributed by atoms with Gasteiger partial charge in [-0.1, -0.05) is 12.1 Å². The number of halogens is 2. The van der Waals surface area contributed by atoms with Crippen LogP contribution in [0.3, 0.4) is 0 Å². The maximum Gasteiger partial charge on any atom is 0.187 e. The molecule has 0 unspecified atom stereocenters. The third kappa shape index (κ3) is 3.96. The summed E-state index contributed by atoms with van der Waals surface area (Å²) in [6.07, 6.45) is 0. The maximum absolute atomic E-state index is 13.3. The summed E-state index contributed by atoms with van der Waals surface area (Å²) in [6.45, 7) is 6.20. The molecule has 0 fully saturated rings. The lowest BCUT2D eigenvalue weighted by Gasteiger charge is -2.20. The molecular weight excluding hydrogens is 340 g/mol. The summed E-state index contributed by atoms with van der Waals surface area (Å²) >= 11 is 1.42. The number of nitrogens with zero attached hydrogens (tertiary/aromatic N) is 2. The van der Waals surface area contributed by atoms with Gasteiger partial charge in [0.15, 0.2) is 16.8 Å². The van der Waals surface area contributed by atoms with Gasteiger partial charge in [-0.15, -0.1) is 11.3 Å². The van der Waals surface area contributed by atoms with Crippen LogP contribution in [0, 0.1) is 11.6 Å². The fourth-order valence-electron chi connectivity index (χ4n) is 2.59. The van der Waals surface area contributed by atoms with Crippen LogP contribution < -0.4 is 10.2 Å². The highest BCUT2D eigenvalue weighted by molar-refractivity contribution is 7.14. The lowest BCUT2D eigenvalue weighted by molar-refractivity contribution is 0.509. The number of hydrogen-bond donors (Lipinski definition) is 1. The summed E-state index contributed by atoms with van der Waals surface area (Å²) in [7, 11) is 0. The zero-order valence-corrected chi connectivity index (χ0v) is 14.9. The molecule has 0 bridgehead atoms. The fourth-order valence-corrected chi connectivity index (χ4v) is 3.33. The standard InChI is InChI=1S/C19H19F2N3S/c1-3-24(4-2)15-8-5-13(6-9-15)18-12-25-19(23-18)22-14-7-10-16(20)17(21)11-14/h5-12H,3-4H2,1-2H3,(H,22,23). The Kier molecular flexibility index (Phi) is 5.28. The Balaban J connectivity index is 1.75. The molecule has 0 radical (unpaired) electrons. The number of hydrogen-bond acceptors (Lipinski definition) is 4. The van der Waals surface area contributed by atoms with Gasteiger partial charge >= 0.3 is 0 Å². The minimum Gasteiger partial charge on any atom is -0.372 e. The van der Waals surface area contributed by atoms with E-state index in [0.717, 1.165) is 36.5 Å². The molecule has 2 aromatic carbocycles. The Morgan fingerprint density at radius 2 is 1.72 bits per heavy atom. The van der Waals surface area contributed by atoms with E-state index < -0.39 is 11.6 Å². The molecule has 130 valence electrons. The minimum atomic E-state index is -0.881. The van der Waals surface area contributed by atoms with Gasteiger partial charge in [-0.2, -0.15) is 0 Å². The van der Waals surface area contributed by atoms with Crippen LogP contribution >= 0.6 is 11.3 Å². The van der Waals surface area contributed by atoms with Crippen molar-refractivity contribution >= 4 is 27.8 Å². The number of rotatable bonds is 6. The molecule has 0 aliphatic carbocycles. The summed E-state index contributed by atoms with van der Waals surface area (Å²) in [6, 6.07) is 12.0. The Bertz CT molecular complexity index is 842. The molecule has 3 aromatic rings. The van der Waals surface area contributed by atoms with E-state index >= 15 is 0 Å². The van der Waals surface area contributed by atoms with E-state index in [1.807, 2.05) is 17.5 Å². The van der Waals surface area contributed by atoms with Gasteiger partial charge in [0.05, 0.1) is 5.69 Å². The zero-order chi connectivity index (χ0) is 17.8. The van der Waals surface area contributed by atoms with E-state index in [9.17, 15) is 8.78 Å². The van der Waals surface area contributed by atoms with Crippen molar-refractivity contribution in [3.63, 3.8) is 0 Å². The fraction of sp³-hybridized carbons (Fsp3) is 0.211. The van der Waals surface area contributed by atoms with Crippen LogP contribution in [0.25, 0.3) is 11.3 Å². The molecule has 0 aliphatic heterocycles. The molecule has 25 heavy (non-hydrogen) atoms. The number of anilines is 3. The second-order valence-electron chi connectivity index (χ2n) is 5.51. The van der Waals surface area contributed by atoms with E-state index in [4.69, 9.17) is 0 Å². The van der Waals surface area contributed by atoms with Crippen molar-refractivity contribution in [3.8, 4) is 11.3 Å². The highest BCUT2D eigenvalue weighted by Gasteiger charge is 2.08. The second-order valence-corrected chi connectivity index (χ2v) is 6.37. The van der Waals surface area contributed by atoms with E-state index in [0.29, 0.717) is 10.8 Å². The van der Waals surface area contributed by atoms with Gasteiger partial charge < -0.3 is 10.2 Å². The Labute approximate surface area is 150 Å². The Hall–Kier alpha value is -2.47. The molecule has 0 atom stereocenters. The third-order valence-corrected chi connectivity index (χ3v) is 4.72. The summed E-state index contributed by atoms with van der Waals surface area (Å²) in [4.78, 5) is 6.80. The van der Waals surface area contributed by atoms with E-state index in [1.165, 1.54) is 23.1 Å². The highest BCUT2D eigenvalue weighted by atomic mass is 32.1. The van der Waals surface area contributed by atoms with Gasteiger partial charge in [0, 0.05) is 41.5 Å². The van der Waals surface area contributed by atoms with Crippen molar-refractivity contribution in [1.82, 2.24) is 4.98 Å². The first-order valence-electron chi connectivity index (χ1n) is 8.13. The molecule has 1 N–H and O–H groups in total. The molecule has 3 rings (SSSR count). The van der Waals surface area contributed by atoms with Crippen LogP contribution in [0.2, 0.25) is 0 Å². The van der Waals surface area contributed by atoms with Crippen molar-refractivity contribution in [2.24, 2.45) is 0 Å². The first kappa shape index (κ1) is 17.4. The Morgan fingerprint density at radius 1 is 1.00 bits per heavy atom. The average molecular weight is 359 g/mol. The molecule has 1 aromatic heterocycles. The highest BCUT2D eigenvalue weighted by Crippen LogP contribution is 2.29. The number of aromatic nitrogens is 1. The molecular formula is C19H19F2N3S. The van der Waals surface area contributed by atoms with Crippen LogP contribution in [0.1, 0.15) is 13.8 Å². The lowest BCUT2D eigenvalue weighted by Crippen LogP contribution is -2.21. The zero-order valence-electron chi connectivity index (χ0n) is 14.1. The van der Waals surface area contributed by atoms with Crippen molar-refractivity contribution < 1.29 is 8.78 Å². The molecule has 6 heteroatoms. The van der Waals surface area contributed by atoms with Gasteiger partial charge in [0.2, 0.25) is 0 Å². The van der Waals surface area contributed by atoms with Crippen molar-refractivity contribution in [2.45, 2.75) is 13.8 Å². The average Bonchev–Trinajstić information content (AvgIpc) is 3.08.